The molecule has 0 aliphatic heterocycles. The SMILES string of the molecule is COCc1nc(Cc2ccccc2Br)n(-c2ccc(S(N)(=O)=O)cc2)n1. The number of hydrogen-bond donors (Lipinski definition) is 1. The minimum Gasteiger partial charge on any atom is -0.377 e. The van der Waals surface area contributed by atoms with E-state index in [1.807, 2.05) is 24.3 Å². The van der Waals surface area contributed by atoms with E-state index < -0.39 is 10.0 Å². The van der Waals surface area contributed by atoms with Crippen LogP contribution >= 0.6 is 15.9 Å². The molecule has 2 aromatic carbocycles. The Bertz CT molecular complexity index is 1020. The maximum atomic E-state index is 11.4. The summed E-state index contributed by atoms with van der Waals surface area (Å²) in [6, 6.07) is 14.1. The number of hydrogen-bond acceptors (Lipinski definition) is 5. The molecule has 0 unspecified atom stereocenters. The summed E-state index contributed by atoms with van der Waals surface area (Å²) in [6.45, 7) is 0.283. The quantitative estimate of drug-likeness (QED) is 0.639. The summed E-state index contributed by atoms with van der Waals surface area (Å²) in [4.78, 5) is 4.59. The molecule has 0 saturated heterocycles. The first-order valence-corrected chi connectivity index (χ1v) is 10.0. The van der Waals surface area contributed by atoms with Gasteiger partial charge in [0.25, 0.3) is 0 Å². The second kappa shape index (κ2) is 7.67. The highest BCUT2D eigenvalue weighted by Crippen LogP contribution is 2.21. The summed E-state index contributed by atoms with van der Waals surface area (Å²) in [6.07, 6.45) is 0.551. The van der Waals surface area contributed by atoms with Gasteiger partial charge in [0, 0.05) is 18.0 Å². The minimum atomic E-state index is -3.74. The molecule has 0 aliphatic carbocycles. The van der Waals surface area contributed by atoms with E-state index in [4.69, 9.17) is 9.88 Å². The summed E-state index contributed by atoms with van der Waals surface area (Å²) < 4.78 is 30.7. The van der Waals surface area contributed by atoms with Crippen LogP contribution in [0.15, 0.2) is 57.9 Å². The van der Waals surface area contributed by atoms with Crippen molar-refractivity contribution >= 4 is 26.0 Å². The fraction of sp³-hybridized carbons (Fsp3) is 0.176. The highest BCUT2D eigenvalue weighted by Gasteiger charge is 2.15. The van der Waals surface area contributed by atoms with Crippen molar-refractivity contribution in [3.8, 4) is 5.69 Å². The summed E-state index contributed by atoms with van der Waals surface area (Å²) in [7, 11) is -2.16. The number of aromatic nitrogens is 3. The Labute approximate surface area is 160 Å². The largest absolute Gasteiger partial charge is 0.377 e. The Morgan fingerprint density at radius 1 is 1.15 bits per heavy atom. The third-order valence-corrected chi connectivity index (χ3v) is 5.41. The van der Waals surface area contributed by atoms with E-state index in [-0.39, 0.29) is 11.5 Å². The van der Waals surface area contributed by atoms with Crippen molar-refractivity contribution < 1.29 is 13.2 Å². The van der Waals surface area contributed by atoms with Gasteiger partial charge in [-0.3, -0.25) is 0 Å². The molecule has 0 atom stereocenters. The summed E-state index contributed by atoms with van der Waals surface area (Å²) in [5, 5.41) is 9.63. The molecule has 1 aromatic heterocycles. The van der Waals surface area contributed by atoms with E-state index in [1.54, 1.807) is 23.9 Å². The van der Waals surface area contributed by atoms with Crippen molar-refractivity contribution in [1.29, 1.82) is 0 Å². The molecule has 7 nitrogen and oxygen atoms in total. The molecule has 9 heteroatoms. The van der Waals surface area contributed by atoms with Crippen LogP contribution in [0.2, 0.25) is 0 Å². The van der Waals surface area contributed by atoms with Gasteiger partial charge in [-0.05, 0) is 35.9 Å². The van der Waals surface area contributed by atoms with Crippen LogP contribution < -0.4 is 5.14 Å². The van der Waals surface area contributed by atoms with Crippen molar-refractivity contribution in [2.24, 2.45) is 5.14 Å². The number of rotatable bonds is 6. The molecule has 0 bridgehead atoms. The molecule has 26 heavy (non-hydrogen) atoms. The fourth-order valence-electron chi connectivity index (χ4n) is 2.49. The number of ether oxygens (including phenoxy) is 1. The standard InChI is InChI=1S/C17H17BrN4O3S/c1-25-11-16-20-17(10-12-4-2-3-5-15(12)18)22(21-16)13-6-8-14(9-7-13)26(19,23)24/h2-9H,10-11H2,1H3,(H2,19,23,24). The third-order valence-electron chi connectivity index (χ3n) is 3.71. The predicted octanol–water partition coefficient (Wildman–Crippen LogP) is 2.41. The fourth-order valence-corrected chi connectivity index (χ4v) is 3.43. The monoisotopic (exact) mass is 436 g/mol. The van der Waals surface area contributed by atoms with Crippen LogP contribution in [0.4, 0.5) is 0 Å². The molecule has 0 saturated carbocycles. The molecule has 0 aliphatic rings. The molecular formula is C17H17BrN4O3S. The van der Waals surface area contributed by atoms with E-state index in [0.717, 1.165) is 10.0 Å². The van der Waals surface area contributed by atoms with Gasteiger partial charge in [0.15, 0.2) is 5.82 Å². The number of primary sulfonamides is 1. The van der Waals surface area contributed by atoms with E-state index in [2.05, 4.69) is 26.0 Å². The molecule has 136 valence electrons. The second-order valence-corrected chi connectivity index (χ2v) is 8.01. The first-order chi connectivity index (χ1) is 12.4. The van der Waals surface area contributed by atoms with E-state index in [9.17, 15) is 8.42 Å². The van der Waals surface area contributed by atoms with Crippen LogP contribution in [0, 0.1) is 0 Å². The zero-order valence-electron chi connectivity index (χ0n) is 14.0. The van der Waals surface area contributed by atoms with Gasteiger partial charge >= 0.3 is 0 Å². The summed E-state index contributed by atoms with van der Waals surface area (Å²) >= 11 is 3.54. The average Bonchev–Trinajstić information content (AvgIpc) is 2.99. The zero-order valence-corrected chi connectivity index (χ0v) is 16.4. The summed E-state index contributed by atoms with van der Waals surface area (Å²) in [5.41, 5.74) is 1.75. The smallest absolute Gasteiger partial charge is 0.238 e. The zero-order chi connectivity index (χ0) is 18.7. The van der Waals surface area contributed by atoms with Gasteiger partial charge in [0.2, 0.25) is 10.0 Å². The molecule has 2 N–H and O–H groups in total. The van der Waals surface area contributed by atoms with Crippen LogP contribution in [0.1, 0.15) is 17.2 Å². The lowest BCUT2D eigenvalue weighted by molar-refractivity contribution is 0.178. The lowest BCUT2D eigenvalue weighted by atomic mass is 10.1. The number of sulfonamides is 1. The van der Waals surface area contributed by atoms with Gasteiger partial charge in [-0.1, -0.05) is 34.1 Å². The Hall–Kier alpha value is -2.07. The van der Waals surface area contributed by atoms with Crippen molar-refractivity contribution in [3.63, 3.8) is 0 Å². The Kier molecular flexibility index (Phi) is 5.52. The number of methoxy groups -OCH3 is 1. The van der Waals surface area contributed by atoms with Crippen molar-refractivity contribution in [3.05, 3.63) is 70.2 Å². The first kappa shape index (κ1) is 18.7. The van der Waals surface area contributed by atoms with E-state index >= 15 is 0 Å². The Balaban J connectivity index is 2.01. The second-order valence-electron chi connectivity index (χ2n) is 5.60. The minimum absolute atomic E-state index is 0.0471. The van der Waals surface area contributed by atoms with E-state index in [0.29, 0.717) is 23.8 Å². The molecular weight excluding hydrogens is 420 g/mol. The number of nitrogens with zero attached hydrogens (tertiary/aromatic N) is 3. The molecule has 3 rings (SSSR count). The predicted molar refractivity (Wildman–Crippen MR) is 100 cm³/mol. The lowest BCUT2D eigenvalue weighted by Crippen LogP contribution is -2.12. The normalized spacial score (nSPS) is 11.7. The molecule has 1 heterocycles. The molecule has 3 aromatic rings. The number of nitrogens with two attached hydrogens (primary N) is 1. The average molecular weight is 437 g/mol. The summed E-state index contributed by atoms with van der Waals surface area (Å²) in [5.74, 6) is 1.26. The topological polar surface area (TPSA) is 100 Å². The van der Waals surface area contributed by atoms with Gasteiger partial charge in [0.05, 0.1) is 10.6 Å². The van der Waals surface area contributed by atoms with Crippen molar-refractivity contribution in [1.82, 2.24) is 14.8 Å². The van der Waals surface area contributed by atoms with Crippen LogP contribution in [0.25, 0.3) is 5.69 Å². The molecule has 0 spiro atoms. The molecule has 0 fully saturated rings. The Morgan fingerprint density at radius 2 is 1.85 bits per heavy atom. The van der Waals surface area contributed by atoms with Crippen molar-refractivity contribution in [2.45, 2.75) is 17.9 Å². The van der Waals surface area contributed by atoms with Gasteiger partial charge in [-0.25, -0.2) is 23.2 Å². The van der Waals surface area contributed by atoms with Crippen LogP contribution in [-0.4, -0.2) is 30.3 Å². The van der Waals surface area contributed by atoms with Gasteiger partial charge in [-0.15, -0.1) is 5.10 Å². The first-order valence-electron chi connectivity index (χ1n) is 7.69. The van der Waals surface area contributed by atoms with Crippen molar-refractivity contribution in [2.75, 3.05) is 7.11 Å². The Morgan fingerprint density at radius 3 is 2.46 bits per heavy atom. The van der Waals surface area contributed by atoms with Gasteiger partial charge in [0.1, 0.15) is 12.4 Å². The highest BCUT2D eigenvalue weighted by atomic mass is 79.9. The number of benzene rings is 2. The molecule has 0 amide bonds. The van der Waals surface area contributed by atoms with Crippen LogP contribution in [0.5, 0.6) is 0 Å². The maximum Gasteiger partial charge on any atom is 0.238 e. The third kappa shape index (κ3) is 4.18. The van der Waals surface area contributed by atoms with Crippen LogP contribution in [0.3, 0.4) is 0 Å². The van der Waals surface area contributed by atoms with Gasteiger partial charge in [-0.2, -0.15) is 0 Å². The lowest BCUT2D eigenvalue weighted by Gasteiger charge is -2.08. The highest BCUT2D eigenvalue weighted by molar-refractivity contribution is 9.10. The number of halogens is 1. The van der Waals surface area contributed by atoms with Gasteiger partial charge < -0.3 is 4.74 Å². The van der Waals surface area contributed by atoms with E-state index in [1.165, 1.54) is 12.1 Å². The maximum absolute atomic E-state index is 11.4. The van der Waals surface area contributed by atoms with Crippen LogP contribution in [-0.2, 0) is 27.8 Å². The molecule has 0 radical (unpaired) electrons.